The van der Waals surface area contributed by atoms with Gasteiger partial charge in [-0.05, 0) is 37.6 Å². The molecule has 0 saturated carbocycles. The lowest BCUT2D eigenvalue weighted by molar-refractivity contribution is -0.141. The number of nitrogens with one attached hydrogen (secondary N) is 2. The first-order valence-corrected chi connectivity index (χ1v) is 9.59. The molecule has 2 aromatic rings. The summed E-state index contributed by atoms with van der Waals surface area (Å²) < 4.78 is 0. The van der Waals surface area contributed by atoms with Gasteiger partial charge in [0.2, 0.25) is 0 Å². The zero-order valence-electron chi connectivity index (χ0n) is 16.5. The van der Waals surface area contributed by atoms with E-state index in [2.05, 4.69) is 10.6 Å². The first-order valence-electron chi connectivity index (χ1n) is 9.59. The lowest BCUT2D eigenvalue weighted by Gasteiger charge is -2.17. The van der Waals surface area contributed by atoms with Crippen molar-refractivity contribution < 1.29 is 19.5 Å². The van der Waals surface area contributed by atoms with Crippen molar-refractivity contribution in [1.82, 2.24) is 10.2 Å². The van der Waals surface area contributed by atoms with Gasteiger partial charge in [0.1, 0.15) is 0 Å². The first-order chi connectivity index (χ1) is 13.8. The molecule has 0 spiro atoms. The number of carboxylic acid groups (broad SMARTS) is 1. The van der Waals surface area contributed by atoms with Gasteiger partial charge >= 0.3 is 12.0 Å². The molecule has 1 saturated heterocycles. The number of likely N-dealkylation sites (tertiary alicyclic amines) is 1. The fraction of sp³-hybridized carbons (Fsp3) is 0.318. The molecule has 1 aliphatic rings. The van der Waals surface area contributed by atoms with Gasteiger partial charge in [0, 0.05) is 36.3 Å². The molecule has 0 radical (unpaired) electrons. The van der Waals surface area contributed by atoms with Gasteiger partial charge in [-0.1, -0.05) is 36.4 Å². The number of carboxylic acids is 1. The van der Waals surface area contributed by atoms with Crippen molar-refractivity contribution >= 4 is 23.6 Å². The van der Waals surface area contributed by atoms with Crippen LogP contribution in [0.15, 0.2) is 54.6 Å². The van der Waals surface area contributed by atoms with Gasteiger partial charge < -0.3 is 20.6 Å². The van der Waals surface area contributed by atoms with Crippen LogP contribution in [0.4, 0.5) is 10.5 Å². The lowest BCUT2D eigenvalue weighted by atomic mass is 9.89. The number of aliphatic carboxylic acids is 1. The summed E-state index contributed by atoms with van der Waals surface area (Å²) in [5.74, 6) is -2.06. The third kappa shape index (κ3) is 4.93. The lowest BCUT2D eigenvalue weighted by Crippen LogP contribution is -2.34. The summed E-state index contributed by atoms with van der Waals surface area (Å²) in [6.45, 7) is 4.20. The Morgan fingerprint density at radius 1 is 1.03 bits per heavy atom. The highest BCUT2D eigenvalue weighted by atomic mass is 16.4. The van der Waals surface area contributed by atoms with Crippen LogP contribution in [0.5, 0.6) is 0 Å². The maximum Gasteiger partial charge on any atom is 0.319 e. The van der Waals surface area contributed by atoms with Crippen molar-refractivity contribution in [2.45, 2.75) is 25.8 Å². The number of benzene rings is 2. The smallest absolute Gasteiger partial charge is 0.319 e. The SMILES string of the molecule is CC(C)NC(=O)Nc1cccc(C(=O)N2C[C@H](C(=O)O)[C@H](c3ccccc3)C2)c1. The molecular weight excluding hydrogens is 370 g/mol. The zero-order chi connectivity index (χ0) is 21.0. The van der Waals surface area contributed by atoms with Crippen molar-refractivity contribution in [2.24, 2.45) is 5.92 Å². The van der Waals surface area contributed by atoms with Crippen LogP contribution in [-0.4, -0.2) is 47.0 Å². The first kappa shape index (κ1) is 20.4. The van der Waals surface area contributed by atoms with E-state index >= 15 is 0 Å². The molecule has 3 N–H and O–H groups in total. The van der Waals surface area contributed by atoms with Gasteiger partial charge in [0.25, 0.3) is 5.91 Å². The van der Waals surface area contributed by atoms with Gasteiger partial charge in [-0.2, -0.15) is 0 Å². The normalized spacial score (nSPS) is 18.5. The number of urea groups is 1. The van der Waals surface area contributed by atoms with E-state index < -0.39 is 11.9 Å². The van der Waals surface area contributed by atoms with Crippen LogP contribution >= 0.6 is 0 Å². The second-order valence-corrected chi connectivity index (χ2v) is 7.51. The van der Waals surface area contributed by atoms with Crippen molar-refractivity contribution in [3.8, 4) is 0 Å². The third-order valence-electron chi connectivity index (χ3n) is 4.94. The quantitative estimate of drug-likeness (QED) is 0.724. The summed E-state index contributed by atoms with van der Waals surface area (Å²) >= 11 is 0. The molecule has 2 aromatic carbocycles. The van der Waals surface area contributed by atoms with Crippen LogP contribution < -0.4 is 10.6 Å². The molecule has 0 aliphatic carbocycles. The van der Waals surface area contributed by atoms with Crippen LogP contribution in [0, 0.1) is 5.92 Å². The van der Waals surface area contributed by atoms with E-state index in [0.29, 0.717) is 17.8 Å². The highest BCUT2D eigenvalue weighted by molar-refractivity contribution is 5.97. The highest BCUT2D eigenvalue weighted by Crippen LogP contribution is 2.33. The average molecular weight is 395 g/mol. The van der Waals surface area contributed by atoms with Gasteiger partial charge in [-0.15, -0.1) is 0 Å². The standard InChI is InChI=1S/C22H25N3O4/c1-14(2)23-22(29)24-17-10-6-9-16(11-17)20(26)25-12-18(19(13-25)21(27)28)15-7-4-3-5-8-15/h3-11,14,18-19H,12-13H2,1-2H3,(H,27,28)(H2,23,24,29)/t18-,19-/m0/s1. The highest BCUT2D eigenvalue weighted by Gasteiger charge is 2.40. The number of carbonyl (C=O) groups excluding carboxylic acids is 2. The third-order valence-corrected chi connectivity index (χ3v) is 4.94. The van der Waals surface area contributed by atoms with Crippen LogP contribution in [0.2, 0.25) is 0 Å². The molecule has 0 aromatic heterocycles. The summed E-state index contributed by atoms with van der Waals surface area (Å²) in [5.41, 5.74) is 1.82. The molecule has 7 heteroatoms. The minimum atomic E-state index is -0.907. The Hall–Kier alpha value is -3.35. The van der Waals surface area contributed by atoms with Gasteiger partial charge in [0.05, 0.1) is 5.92 Å². The fourth-order valence-corrected chi connectivity index (χ4v) is 3.60. The summed E-state index contributed by atoms with van der Waals surface area (Å²) in [6.07, 6.45) is 0. The number of hydrogen-bond donors (Lipinski definition) is 3. The monoisotopic (exact) mass is 395 g/mol. The molecule has 0 unspecified atom stereocenters. The predicted molar refractivity (Wildman–Crippen MR) is 110 cm³/mol. The Labute approximate surface area is 169 Å². The molecule has 1 heterocycles. The molecule has 0 bridgehead atoms. The van der Waals surface area contributed by atoms with Gasteiger partial charge in [-0.25, -0.2) is 4.79 Å². The molecule has 3 amide bonds. The summed E-state index contributed by atoms with van der Waals surface area (Å²) in [5, 5.41) is 15.1. The molecule has 1 fully saturated rings. The van der Waals surface area contributed by atoms with E-state index in [1.54, 1.807) is 29.2 Å². The van der Waals surface area contributed by atoms with E-state index in [9.17, 15) is 19.5 Å². The molecule has 2 atom stereocenters. The van der Waals surface area contributed by atoms with Crippen LogP contribution in [0.25, 0.3) is 0 Å². The zero-order valence-corrected chi connectivity index (χ0v) is 16.5. The molecular formula is C22H25N3O4. The molecule has 7 nitrogen and oxygen atoms in total. The van der Waals surface area contributed by atoms with E-state index in [0.717, 1.165) is 5.56 Å². The summed E-state index contributed by atoms with van der Waals surface area (Å²) in [7, 11) is 0. The van der Waals surface area contributed by atoms with Crippen LogP contribution in [-0.2, 0) is 4.79 Å². The minimum Gasteiger partial charge on any atom is -0.481 e. The Bertz CT molecular complexity index is 898. The van der Waals surface area contributed by atoms with Crippen molar-refractivity contribution in [3.63, 3.8) is 0 Å². The number of nitrogens with zero attached hydrogens (tertiary/aromatic N) is 1. The van der Waals surface area contributed by atoms with E-state index in [4.69, 9.17) is 0 Å². The van der Waals surface area contributed by atoms with Crippen molar-refractivity contribution in [3.05, 3.63) is 65.7 Å². The summed E-state index contributed by atoms with van der Waals surface area (Å²) in [6, 6.07) is 15.7. The molecule has 152 valence electrons. The maximum absolute atomic E-state index is 13.0. The number of amides is 3. The Morgan fingerprint density at radius 2 is 1.76 bits per heavy atom. The van der Waals surface area contributed by atoms with Crippen molar-refractivity contribution in [1.29, 1.82) is 0 Å². The average Bonchev–Trinajstić information content (AvgIpc) is 3.13. The van der Waals surface area contributed by atoms with Crippen molar-refractivity contribution in [2.75, 3.05) is 18.4 Å². The second kappa shape index (κ2) is 8.77. The van der Waals surface area contributed by atoms with E-state index in [1.807, 2.05) is 44.2 Å². The number of rotatable bonds is 5. The Balaban J connectivity index is 1.76. The fourth-order valence-electron chi connectivity index (χ4n) is 3.60. The molecule has 29 heavy (non-hydrogen) atoms. The number of anilines is 1. The Morgan fingerprint density at radius 3 is 2.41 bits per heavy atom. The largest absolute Gasteiger partial charge is 0.481 e. The summed E-state index contributed by atoms with van der Waals surface area (Å²) in [4.78, 5) is 38.2. The van der Waals surface area contributed by atoms with Crippen LogP contribution in [0.3, 0.4) is 0 Å². The molecule has 1 aliphatic heterocycles. The molecule has 3 rings (SSSR count). The second-order valence-electron chi connectivity index (χ2n) is 7.51. The maximum atomic E-state index is 13.0. The Kier molecular flexibility index (Phi) is 6.16. The van der Waals surface area contributed by atoms with E-state index in [1.165, 1.54) is 0 Å². The van der Waals surface area contributed by atoms with Gasteiger partial charge in [-0.3, -0.25) is 9.59 Å². The number of hydrogen-bond acceptors (Lipinski definition) is 3. The number of carbonyl (C=O) groups is 3. The van der Waals surface area contributed by atoms with Crippen LogP contribution in [0.1, 0.15) is 35.7 Å². The topological polar surface area (TPSA) is 98.7 Å². The minimum absolute atomic E-state index is 0.00714. The predicted octanol–water partition coefficient (Wildman–Crippen LogP) is 3.16. The van der Waals surface area contributed by atoms with Gasteiger partial charge in [0.15, 0.2) is 0 Å². The van der Waals surface area contributed by atoms with E-state index in [-0.39, 0.29) is 30.4 Å².